The first-order chi connectivity index (χ1) is 12.6. The second-order valence-corrected chi connectivity index (χ2v) is 6.82. The first kappa shape index (κ1) is 18.0. The summed E-state index contributed by atoms with van der Waals surface area (Å²) < 4.78 is 0. The Morgan fingerprint density at radius 1 is 1.15 bits per heavy atom. The highest BCUT2D eigenvalue weighted by atomic mass is 16.1. The molecule has 0 aromatic heterocycles. The number of likely N-dealkylation sites (tertiary alicyclic amines) is 1. The minimum atomic E-state index is -0.168. The fourth-order valence-corrected chi connectivity index (χ4v) is 3.31. The lowest BCUT2D eigenvalue weighted by Crippen LogP contribution is -2.38. The number of carbonyl (C=O) groups is 1. The Balaban J connectivity index is 1.53. The Morgan fingerprint density at radius 2 is 1.88 bits per heavy atom. The Bertz CT molecular complexity index is 786. The van der Waals surface area contributed by atoms with Crippen molar-refractivity contribution in [3.63, 3.8) is 0 Å². The average molecular weight is 348 g/mol. The lowest BCUT2D eigenvalue weighted by Gasteiger charge is -2.30. The van der Waals surface area contributed by atoms with Crippen molar-refractivity contribution in [2.45, 2.75) is 25.9 Å². The second kappa shape index (κ2) is 8.50. The molecule has 0 unspecified atom stereocenters. The van der Waals surface area contributed by atoms with Crippen molar-refractivity contribution in [3.05, 3.63) is 65.2 Å². The molecule has 1 aliphatic heterocycles. The van der Waals surface area contributed by atoms with E-state index in [-0.39, 0.29) is 11.8 Å². The number of primary amides is 1. The predicted molar refractivity (Wildman–Crippen MR) is 102 cm³/mol. The summed E-state index contributed by atoms with van der Waals surface area (Å²) in [5.41, 5.74) is 9.56. The van der Waals surface area contributed by atoms with Crippen molar-refractivity contribution in [2.24, 2.45) is 11.7 Å². The van der Waals surface area contributed by atoms with E-state index in [1.54, 1.807) is 0 Å². The minimum Gasteiger partial charge on any atom is -0.381 e. The second-order valence-electron chi connectivity index (χ2n) is 6.82. The van der Waals surface area contributed by atoms with Crippen LogP contribution in [0.1, 0.15) is 29.5 Å². The molecule has 5 nitrogen and oxygen atoms in total. The third kappa shape index (κ3) is 4.84. The van der Waals surface area contributed by atoms with Crippen LogP contribution >= 0.6 is 0 Å². The highest BCUT2D eigenvalue weighted by Crippen LogP contribution is 2.20. The zero-order valence-corrected chi connectivity index (χ0v) is 14.8. The van der Waals surface area contributed by atoms with E-state index < -0.39 is 0 Å². The fourth-order valence-electron chi connectivity index (χ4n) is 3.31. The molecule has 3 rings (SSSR count). The van der Waals surface area contributed by atoms with Gasteiger partial charge in [0.15, 0.2) is 0 Å². The van der Waals surface area contributed by atoms with E-state index in [0.29, 0.717) is 5.56 Å². The molecule has 0 spiro atoms. The third-order valence-electron chi connectivity index (χ3n) is 4.90. The van der Waals surface area contributed by atoms with Crippen LogP contribution in [0.5, 0.6) is 0 Å². The van der Waals surface area contributed by atoms with Crippen LogP contribution in [-0.2, 0) is 17.9 Å². The lowest BCUT2D eigenvalue weighted by atomic mass is 9.96. The molecule has 1 heterocycles. The van der Waals surface area contributed by atoms with Gasteiger partial charge in [-0.2, -0.15) is 5.26 Å². The van der Waals surface area contributed by atoms with Crippen LogP contribution in [0.4, 0.5) is 5.69 Å². The van der Waals surface area contributed by atoms with Gasteiger partial charge in [0.05, 0.1) is 11.6 Å². The van der Waals surface area contributed by atoms with Crippen LogP contribution < -0.4 is 11.1 Å². The van der Waals surface area contributed by atoms with Gasteiger partial charge in [0.2, 0.25) is 5.91 Å². The van der Waals surface area contributed by atoms with Gasteiger partial charge in [-0.05, 0) is 61.3 Å². The molecular weight excluding hydrogens is 324 g/mol. The number of carbonyl (C=O) groups excluding carboxylic acids is 1. The molecule has 1 aliphatic rings. The molecule has 1 amide bonds. The molecular formula is C21H24N4O. The van der Waals surface area contributed by atoms with E-state index in [2.05, 4.69) is 40.6 Å². The Hall–Kier alpha value is -2.84. The van der Waals surface area contributed by atoms with Gasteiger partial charge in [-0.1, -0.05) is 24.3 Å². The predicted octanol–water partition coefficient (Wildman–Crippen LogP) is 2.87. The standard InChI is InChI=1S/C21H24N4O/c22-13-16-4-6-17(7-5-16)14-24-20-3-1-2-18(12-20)15-25-10-8-19(9-11-25)21(23)26/h1-7,12,19,24H,8-11,14-15H2,(H2,23,26). The van der Waals surface area contributed by atoms with Crippen LogP contribution in [0.2, 0.25) is 0 Å². The van der Waals surface area contributed by atoms with Crippen LogP contribution in [0.25, 0.3) is 0 Å². The first-order valence-electron chi connectivity index (χ1n) is 8.97. The number of hydrogen-bond acceptors (Lipinski definition) is 4. The van der Waals surface area contributed by atoms with Gasteiger partial charge < -0.3 is 11.1 Å². The zero-order chi connectivity index (χ0) is 18.4. The summed E-state index contributed by atoms with van der Waals surface area (Å²) in [6.07, 6.45) is 1.71. The number of amides is 1. The quantitative estimate of drug-likeness (QED) is 0.841. The number of anilines is 1. The number of piperidine rings is 1. The molecule has 5 heteroatoms. The molecule has 1 fully saturated rings. The number of nitrogens with two attached hydrogens (primary N) is 1. The smallest absolute Gasteiger partial charge is 0.220 e. The van der Waals surface area contributed by atoms with E-state index in [4.69, 9.17) is 11.0 Å². The average Bonchev–Trinajstić information content (AvgIpc) is 2.67. The Labute approximate surface area is 154 Å². The molecule has 0 saturated carbocycles. The van der Waals surface area contributed by atoms with Crippen LogP contribution in [0, 0.1) is 17.2 Å². The molecule has 134 valence electrons. The van der Waals surface area contributed by atoms with E-state index in [1.807, 2.05) is 24.3 Å². The largest absolute Gasteiger partial charge is 0.381 e. The topological polar surface area (TPSA) is 82.2 Å². The zero-order valence-electron chi connectivity index (χ0n) is 14.8. The molecule has 2 aromatic rings. The van der Waals surface area contributed by atoms with Gasteiger partial charge in [-0.25, -0.2) is 0 Å². The number of hydrogen-bond donors (Lipinski definition) is 2. The van der Waals surface area contributed by atoms with Gasteiger partial charge in [0, 0.05) is 24.7 Å². The maximum absolute atomic E-state index is 11.3. The first-order valence-corrected chi connectivity index (χ1v) is 8.97. The van der Waals surface area contributed by atoms with Crippen molar-refractivity contribution >= 4 is 11.6 Å². The van der Waals surface area contributed by atoms with Crippen LogP contribution in [-0.4, -0.2) is 23.9 Å². The van der Waals surface area contributed by atoms with Gasteiger partial charge >= 0.3 is 0 Å². The van der Waals surface area contributed by atoms with E-state index in [1.165, 1.54) is 5.56 Å². The summed E-state index contributed by atoms with van der Waals surface area (Å²) in [4.78, 5) is 13.6. The molecule has 0 bridgehead atoms. The maximum atomic E-state index is 11.3. The van der Waals surface area contributed by atoms with Gasteiger partial charge in [0.25, 0.3) is 0 Å². The number of nitriles is 1. The molecule has 2 aromatic carbocycles. The summed E-state index contributed by atoms with van der Waals surface area (Å²) in [5.74, 6) is -0.134. The van der Waals surface area contributed by atoms with Gasteiger partial charge in [-0.15, -0.1) is 0 Å². The summed E-state index contributed by atoms with van der Waals surface area (Å²) in [7, 11) is 0. The fraction of sp³-hybridized carbons (Fsp3) is 0.333. The number of rotatable bonds is 6. The van der Waals surface area contributed by atoms with Crippen LogP contribution in [0.15, 0.2) is 48.5 Å². The monoisotopic (exact) mass is 348 g/mol. The normalized spacial score (nSPS) is 15.3. The summed E-state index contributed by atoms with van der Waals surface area (Å²) in [6, 6.07) is 18.2. The van der Waals surface area contributed by atoms with Crippen molar-refractivity contribution < 1.29 is 4.79 Å². The molecule has 0 aliphatic carbocycles. The summed E-state index contributed by atoms with van der Waals surface area (Å²) >= 11 is 0. The molecule has 1 saturated heterocycles. The van der Waals surface area contributed by atoms with Crippen molar-refractivity contribution in [1.82, 2.24) is 4.90 Å². The van der Waals surface area contributed by atoms with E-state index >= 15 is 0 Å². The van der Waals surface area contributed by atoms with Gasteiger partial charge in [-0.3, -0.25) is 9.69 Å². The number of nitrogens with one attached hydrogen (secondary N) is 1. The lowest BCUT2D eigenvalue weighted by molar-refractivity contribution is -0.123. The van der Waals surface area contributed by atoms with Crippen molar-refractivity contribution in [3.8, 4) is 6.07 Å². The number of benzene rings is 2. The van der Waals surface area contributed by atoms with Crippen LogP contribution in [0.3, 0.4) is 0 Å². The molecule has 0 atom stereocenters. The van der Waals surface area contributed by atoms with E-state index in [9.17, 15) is 4.79 Å². The summed E-state index contributed by atoms with van der Waals surface area (Å²) in [5, 5.41) is 12.3. The van der Waals surface area contributed by atoms with Crippen molar-refractivity contribution in [2.75, 3.05) is 18.4 Å². The number of nitrogens with zero attached hydrogens (tertiary/aromatic N) is 2. The third-order valence-corrected chi connectivity index (χ3v) is 4.90. The Kier molecular flexibility index (Phi) is 5.88. The molecule has 0 radical (unpaired) electrons. The molecule has 3 N–H and O–H groups in total. The van der Waals surface area contributed by atoms with Crippen molar-refractivity contribution in [1.29, 1.82) is 5.26 Å². The van der Waals surface area contributed by atoms with E-state index in [0.717, 1.165) is 50.3 Å². The Morgan fingerprint density at radius 3 is 2.54 bits per heavy atom. The highest BCUT2D eigenvalue weighted by molar-refractivity contribution is 5.76. The molecule has 26 heavy (non-hydrogen) atoms. The van der Waals surface area contributed by atoms with Gasteiger partial charge in [0.1, 0.15) is 0 Å². The SMILES string of the molecule is N#Cc1ccc(CNc2cccc(CN3CCC(C(N)=O)CC3)c2)cc1. The summed E-state index contributed by atoms with van der Waals surface area (Å²) in [6.45, 7) is 3.43. The maximum Gasteiger partial charge on any atom is 0.220 e. The minimum absolute atomic E-state index is 0.0340. The highest BCUT2D eigenvalue weighted by Gasteiger charge is 2.22.